The molecule has 0 aromatic heterocycles. The van der Waals surface area contributed by atoms with Crippen LogP contribution in [0.15, 0.2) is 41.5 Å². The monoisotopic (exact) mass is 289 g/mol. The largest absolute Gasteiger partial charge is 0.463 e. The third-order valence-electron chi connectivity index (χ3n) is 2.73. The quantitative estimate of drug-likeness (QED) is 0.262. The molecule has 0 bridgehead atoms. The van der Waals surface area contributed by atoms with E-state index in [1.807, 2.05) is 19.9 Å². The van der Waals surface area contributed by atoms with Crippen LogP contribution in [0.1, 0.15) is 32.8 Å². The Bertz CT molecular complexity index is 584. The van der Waals surface area contributed by atoms with Crippen molar-refractivity contribution in [3.05, 3.63) is 57.2 Å². The minimum Gasteiger partial charge on any atom is -0.463 e. The molecule has 1 rings (SSSR count). The number of allylic oxidation sites excluding steroid dienone is 2. The second kappa shape index (κ2) is 7.99. The van der Waals surface area contributed by atoms with Gasteiger partial charge in [-0.2, -0.15) is 0 Å². The number of benzene rings is 1. The van der Waals surface area contributed by atoms with Gasteiger partial charge in [-0.3, -0.25) is 10.1 Å². The topological polar surface area (TPSA) is 69.4 Å². The van der Waals surface area contributed by atoms with Gasteiger partial charge in [0.25, 0.3) is 5.69 Å². The summed E-state index contributed by atoms with van der Waals surface area (Å²) in [5.74, 6) is -0.451. The van der Waals surface area contributed by atoms with Gasteiger partial charge in [0, 0.05) is 11.6 Å². The fourth-order valence-electron chi connectivity index (χ4n) is 1.70. The van der Waals surface area contributed by atoms with Crippen LogP contribution in [0.2, 0.25) is 0 Å². The Morgan fingerprint density at radius 2 is 2.00 bits per heavy atom. The van der Waals surface area contributed by atoms with Gasteiger partial charge in [0.2, 0.25) is 0 Å². The van der Waals surface area contributed by atoms with E-state index in [0.29, 0.717) is 17.6 Å². The molecule has 1 aromatic rings. The number of para-hydroxylation sites is 1. The van der Waals surface area contributed by atoms with E-state index >= 15 is 0 Å². The normalized spacial score (nSPS) is 10.9. The average Bonchev–Trinajstić information content (AvgIpc) is 2.43. The number of esters is 1. The van der Waals surface area contributed by atoms with Crippen LogP contribution in [0, 0.1) is 10.1 Å². The molecule has 0 heterocycles. The number of hydrogen-bond acceptors (Lipinski definition) is 4. The summed E-state index contributed by atoms with van der Waals surface area (Å²) in [6.45, 7) is 5.84. The minimum atomic E-state index is -0.463. The van der Waals surface area contributed by atoms with Gasteiger partial charge in [-0.25, -0.2) is 4.79 Å². The van der Waals surface area contributed by atoms with Crippen LogP contribution < -0.4 is 0 Å². The highest BCUT2D eigenvalue weighted by molar-refractivity contribution is 5.94. The molecule has 1 aromatic carbocycles. The molecule has 0 amide bonds. The van der Waals surface area contributed by atoms with Gasteiger partial charge < -0.3 is 4.74 Å². The number of hydrogen-bond donors (Lipinski definition) is 0. The lowest BCUT2D eigenvalue weighted by molar-refractivity contribution is -0.385. The van der Waals surface area contributed by atoms with Crippen LogP contribution in [-0.2, 0) is 9.53 Å². The predicted molar refractivity (Wildman–Crippen MR) is 81.8 cm³/mol. The van der Waals surface area contributed by atoms with E-state index in [0.717, 1.165) is 5.57 Å². The molecular formula is C16H19NO4. The molecule has 0 unspecified atom stereocenters. The molecule has 0 saturated carbocycles. The molecule has 0 N–H and O–H groups in total. The highest BCUT2D eigenvalue weighted by Crippen LogP contribution is 2.22. The third-order valence-corrected chi connectivity index (χ3v) is 2.73. The van der Waals surface area contributed by atoms with Crippen molar-refractivity contribution in [3.8, 4) is 0 Å². The van der Waals surface area contributed by atoms with Crippen LogP contribution in [0.4, 0.5) is 5.69 Å². The summed E-state index contributed by atoms with van der Waals surface area (Å²) >= 11 is 0. The number of nitro groups is 1. The van der Waals surface area contributed by atoms with E-state index in [4.69, 9.17) is 4.74 Å². The number of nitrogens with zero attached hydrogens (tertiary/aromatic N) is 1. The first kappa shape index (κ1) is 16.6. The molecule has 0 saturated heterocycles. The smallest absolute Gasteiger partial charge is 0.334 e. The van der Waals surface area contributed by atoms with Gasteiger partial charge in [0.15, 0.2) is 0 Å². The molecule has 0 atom stereocenters. The van der Waals surface area contributed by atoms with E-state index in [1.54, 1.807) is 25.1 Å². The first-order chi connectivity index (χ1) is 9.95. The highest BCUT2D eigenvalue weighted by Gasteiger charge is 2.15. The van der Waals surface area contributed by atoms with Gasteiger partial charge in [0.05, 0.1) is 17.1 Å². The number of carbonyl (C=O) groups is 1. The molecule has 0 aliphatic carbocycles. The van der Waals surface area contributed by atoms with E-state index < -0.39 is 10.9 Å². The molecule has 0 aliphatic heterocycles. The fraction of sp³-hybridized carbons (Fsp3) is 0.312. The fourth-order valence-corrected chi connectivity index (χ4v) is 1.70. The zero-order valence-electron chi connectivity index (χ0n) is 12.5. The van der Waals surface area contributed by atoms with Crippen molar-refractivity contribution < 1.29 is 14.5 Å². The van der Waals surface area contributed by atoms with Crippen LogP contribution in [0.25, 0.3) is 6.08 Å². The standard InChI is InChI=1S/C16H19NO4/c1-4-21-16(18)14(10-9-12(2)3)11-13-7-5-6-8-15(13)17(19)20/h5-9,11H,4,10H2,1-3H3/b14-11+. The van der Waals surface area contributed by atoms with Crippen molar-refractivity contribution in [3.63, 3.8) is 0 Å². The van der Waals surface area contributed by atoms with Crippen LogP contribution in [-0.4, -0.2) is 17.5 Å². The molecule has 0 fully saturated rings. The summed E-state index contributed by atoms with van der Waals surface area (Å²) in [5, 5.41) is 11.0. The number of nitro benzene ring substituents is 1. The molecule has 112 valence electrons. The van der Waals surface area contributed by atoms with Crippen molar-refractivity contribution in [2.75, 3.05) is 6.61 Å². The second-order valence-electron chi connectivity index (χ2n) is 4.69. The summed E-state index contributed by atoms with van der Waals surface area (Å²) in [4.78, 5) is 22.5. The summed E-state index contributed by atoms with van der Waals surface area (Å²) in [6, 6.07) is 6.31. The molecule has 0 spiro atoms. The number of ether oxygens (including phenoxy) is 1. The second-order valence-corrected chi connectivity index (χ2v) is 4.69. The Labute approximate surface area is 124 Å². The lowest BCUT2D eigenvalue weighted by Gasteiger charge is -2.06. The van der Waals surface area contributed by atoms with E-state index in [9.17, 15) is 14.9 Å². The number of rotatable bonds is 6. The first-order valence-corrected chi connectivity index (χ1v) is 6.70. The summed E-state index contributed by atoms with van der Waals surface area (Å²) < 4.78 is 5.00. The Morgan fingerprint density at radius 1 is 1.33 bits per heavy atom. The van der Waals surface area contributed by atoms with Crippen molar-refractivity contribution >= 4 is 17.7 Å². The van der Waals surface area contributed by atoms with Crippen LogP contribution in [0.3, 0.4) is 0 Å². The maximum absolute atomic E-state index is 12.0. The molecular weight excluding hydrogens is 270 g/mol. The Hall–Kier alpha value is -2.43. The third kappa shape index (κ3) is 5.22. The zero-order chi connectivity index (χ0) is 15.8. The van der Waals surface area contributed by atoms with Gasteiger partial charge in [-0.1, -0.05) is 23.8 Å². The molecule has 5 heteroatoms. The van der Waals surface area contributed by atoms with E-state index in [-0.39, 0.29) is 12.3 Å². The SMILES string of the molecule is CCOC(=O)/C(=C/c1ccccc1[N+](=O)[O-])CC=C(C)C. The minimum absolute atomic E-state index is 0.0310. The van der Waals surface area contributed by atoms with Crippen molar-refractivity contribution in [2.24, 2.45) is 0 Å². The van der Waals surface area contributed by atoms with Gasteiger partial charge in [-0.05, 0) is 39.3 Å². The number of carbonyl (C=O) groups excluding carboxylic acids is 1. The van der Waals surface area contributed by atoms with Crippen molar-refractivity contribution in [1.29, 1.82) is 0 Å². The molecule has 0 radical (unpaired) electrons. The lowest BCUT2D eigenvalue weighted by Crippen LogP contribution is -2.07. The summed E-state index contributed by atoms with van der Waals surface area (Å²) in [5.41, 5.74) is 1.82. The van der Waals surface area contributed by atoms with Crippen molar-refractivity contribution in [2.45, 2.75) is 27.2 Å². The first-order valence-electron chi connectivity index (χ1n) is 6.70. The van der Waals surface area contributed by atoms with Crippen LogP contribution in [0.5, 0.6) is 0 Å². The van der Waals surface area contributed by atoms with E-state index in [2.05, 4.69) is 0 Å². The Kier molecular flexibility index (Phi) is 6.33. The maximum Gasteiger partial charge on any atom is 0.334 e. The molecule has 0 aliphatic rings. The van der Waals surface area contributed by atoms with Gasteiger partial charge >= 0.3 is 5.97 Å². The van der Waals surface area contributed by atoms with Gasteiger partial charge in [0.1, 0.15) is 0 Å². The summed E-state index contributed by atoms with van der Waals surface area (Å²) in [7, 11) is 0. The van der Waals surface area contributed by atoms with Gasteiger partial charge in [-0.15, -0.1) is 0 Å². The van der Waals surface area contributed by atoms with Crippen LogP contribution >= 0.6 is 0 Å². The molecule has 21 heavy (non-hydrogen) atoms. The highest BCUT2D eigenvalue weighted by atomic mass is 16.6. The summed E-state index contributed by atoms with van der Waals surface area (Å²) in [6.07, 6.45) is 3.79. The Morgan fingerprint density at radius 3 is 2.57 bits per heavy atom. The predicted octanol–water partition coefficient (Wildman–Crippen LogP) is 3.90. The average molecular weight is 289 g/mol. The lowest BCUT2D eigenvalue weighted by atomic mass is 10.1. The maximum atomic E-state index is 12.0. The van der Waals surface area contributed by atoms with E-state index in [1.165, 1.54) is 12.1 Å². The Balaban J connectivity index is 3.21. The zero-order valence-corrected chi connectivity index (χ0v) is 12.5. The molecule has 5 nitrogen and oxygen atoms in total. The van der Waals surface area contributed by atoms with Crippen molar-refractivity contribution in [1.82, 2.24) is 0 Å².